The van der Waals surface area contributed by atoms with E-state index in [2.05, 4.69) is 5.32 Å². The molecule has 0 fully saturated rings. The van der Waals surface area contributed by atoms with E-state index < -0.39 is 28.5 Å². The van der Waals surface area contributed by atoms with Gasteiger partial charge in [0.2, 0.25) is 11.8 Å². The van der Waals surface area contributed by atoms with Gasteiger partial charge in [0.15, 0.2) is 0 Å². The molecule has 7 nitrogen and oxygen atoms in total. The number of carbonyl (C=O) groups excluding carboxylic acids is 2. The van der Waals surface area contributed by atoms with Gasteiger partial charge in [-0.25, -0.2) is 8.42 Å². The summed E-state index contributed by atoms with van der Waals surface area (Å²) in [7, 11) is -4.09. The number of benzene rings is 3. The topological polar surface area (TPSA) is 86.8 Å². The molecule has 0 aliphatic rings. The Kier molecular flexibility index (Phi) is 9.34. The van der Waals surface area contributed by atoms with Gasteiger partial charge in [0.25, 0.3) is 10.0 Å². The van der Waals surface area contributed by atoms with Crippen molar-refractivity contribution >= 4 is 39.1 Å². The van der Waals surface area contributed by atoms with Crippen molar-refractivity contribution in [1.29, 1.82) is 0 Å². The van der Waals surface area contributed by atoms with Crippen LogP contribution in [-0.2, 0) is 26.2 Å². The van der Waals surface area contributed by atoms with Crippen molar-refractivity contribution in [3.63, 3.8) is 0 Å². The minimum Gasteiger partial charge on any atom is -0.355 e. The van der Waals surface area contributed by atoms with Crippen LogP contribution in [0.2, 0.25) is 5.02 Å². The van der Waals surface area contributed by atoms with Crippen molar-refractivity contribution in [1.82, 2.24) is 10.2 Å². The SMILES string of the molecule is CCNC(=O)[C@@H](C)N(Cc1ccccc1Cl)C(=O)CN(c1cc(C)cc(C)c1)S(=O)(=O)c1ccccc1. The van der Waals surface area contributed by atoms with E-state index in [-0.39, 0.29) is 17.3 Å². The van der Waals surface area contributed by atoms with E-state index in [4.69, 9.17) is 11.6 Å². The normalized spacial score (nSPS) is 12.0. The third kappa shape index (κ3) is 6.90. The highest BCUT2D eigenvalue weighted by molar-refractivity contribution is 7.92. The zero-order valence-corrected chi connectivity index (χ0v) is 23.0. The Morgan fingerprint density at radius 1 is 0.946 bits per heavy atom. The minimum absolute atomic E-state index is 0.0445. The molecule has 0 aliphatic carbocycles. The summed E-state index contributed by atoms with van der Waals surface area (Å²) in [4.78, 5) is 28.0. The number of likely N-dealkylation sites (N-methyl/N-ethyl adjacent to an activating group) is 1. The van der Waals surface area contributed by atoms with Gasteiger partial charge < -0.3 is 10.2 Å². The maximum Gasteiger partial charge on any atom is 0.264 e. The molecule has 0 radical (unpaired) electrons. The van der Waals surface area contributed by atoms with Crippen LogP contribution in [-0.4, -0.2) is 44.3 Å². The van der Waals surface area contributed by atoms with Crippen LogP contribution in [0.3, 0.4) is 0 Å². The van der Waals surface area contributed by atoms with E-state index >= 15 is 0 Å². The Bertz CT molecular complexity index is 1340. The number of nitrogens with one attached hydrogen (secondary N) is 1. The summed E-state index contributed by atoms with van der Waals surface area (Å²) in [6, 6.07) is 19.6. The number of sulfonamides is 1. The number of aryl methyl sites for hydroxylation is 2. The molecule has 2 amide bonds. The molecule has 0 bridgehead atoms. The Morgan fingerprint density at radius 2 is 1.54 bits per heavy atom. The summed E-state index contributed by atoms with van der Waals surface area (Å²) in [6.45, 7) is 7.09. The van der Waals surface area contributed by atoms with Crippen LogP contribution >= 0.6 is 11.6 Å². The van der Waals surface area contributed by atoms with Crippen molar-refractivity contribution < 1.29 is 18.0 Å². The van der Waals surface area contributed by atoms with Crippen molar-refractivity contribution in [2.45, 2.75) is 45.2 Å². The summed E-state index contributed by atoms with van der Waals surface area (Å²) >= 11 is 6.36. The van der Waals surface area contributed by atoms with Crippen LogP contribution in [0, 0.1) is 13.8 Å². The van der Waals surface area contributed by atoms with Gasteiger partial charge in [-0.3, -0.25) is 13.9 Å². The van der Waals surface area contributed by atoms with Crippen LogP contribution in [0.1, 0.15) is 30.5 Å². The monoisotopic (exact) mass is 541 g/mol. The number of anilines is 1. The second-order valence-electron chi connectivity index (χ2n) is 8.85. The van der Waals surface area contributed by atoms with Gasteiger partial charge >= 0.3 is 0 Å². The zero-order valence-electron chi connectivity index (χ0n) is 21.4. The van der Waals surface area contributed by atoms with Crippen molar-refractivity contribution in [2.75, 3.05) is 17.4 Å². The molecule has 0 unspecified atom stereocenters. The van der Waals surface area contributed by atoms with Crippen LogP contribution in [0.25, 0.3) is 0 Å². The first kappa shape index (κ1) is 28.2. The van der Waals surface area contributed by atoms with Crippen LogP contribution in [0.5, 0.6) is 0 Å². The van der Waals surface area contributed by atoms with E-state index in [9.17, 15) is 18.0 Å². The van der Waals surface area contributed by atoms with Gasteiger partial charge in [-0.15, -0.1) is 0 Å². The number of hydrogen-bond donors (Lipinski definition) is 1. The van der Waals surface area contributed by atoms with Gasteiger partial charge in [-0.1, -0.05) is 54.1 Å². The number of nitrogens with zero attached hydrogens (tertiary/aromatic N) is 2. The summed E-state index contributed by atoms with van der Waals surface area (Å²) in [5.74, 6) is -0.871. The van der Waals surface area contributed by atoms with Crippen LogP contribution in [0.15, 0.2) is 77.7 Å². The largest absolute Gasteiger partial charge is 0.355 e. The predicted molar refractivity (Wildman–Crippen MR) is 147 cm³/mol. The lowest BCUT2D eigenvalue weighted by atomic mass is 10.1. The van der Waals surface area contributed by atoms with Crippen molar-refractivity contribution in [3.8, 4) is 0 Å². The Morgan fingerprint density at radius 3 is 2.14 bits per heavy atom. The first-order valence-electron chi connectivity index (χ1n) is 12.0. The summed E-state index contributed by atoms with van der Waals surface area (Å²) in [5.41, 5.74) is 2.74. The number of rotatable bonds is 10. The summed E-state index contributed by atoms with van der Waals surface area (Å²) < 4.78 is 28.7. The fourth-order valence-electron chi connectivity index (χ4n) is 4.06. The fourth-order valence-corrected chi connectivity index (χ4v) is 5.67. The maximum absolute atomic E-state index is 13.8. The highest BCUT2D eigenvalue weighted by Crippen LogP contribution is 2.27. The van der Waals surface area contributed by atoms with Gasteiger partial charge in [0, 0.05) is 18.1 Å². The Balaban J connectivity index is 2.06. The Labute approximate surface area is 224 Å². The molecule has 37 heavy (non-hydrogen) atoms. The van der Waals surface area contributed by atoms with Gasteiger partial charge in [-0.05, 0) is 74.7 Å². The lowest BCUT2D eigenvalue weighted by Crippen LogP contribution is -2.51. The standard InChI is InChI=1S/C28H32ClN3O4S/c1-5-30-28(34)22(4)31(18-23-11-9-10-14-26(23)29)27(33)19-32(24-16-20(2)15-21(3)17-24)37(35,36)25-12-7-6-8-13-25/h6-17,22H,5,18-19H2,1-4H3,(H,30,34)/t22-/m1/s1. The number of amides is 2. The zero-order chi connectivity index (χ0) is 27.2. The molecule has 0 aromatic heterocycles. The first-order valence-corrected chi connectivity index (χ1v) is 13.8. The number of carbonyl (C=O) groups is 2. The third-order valence-corrected chi connectivity index (χ3v) is 8.08. The molecule has 0 aliphatic heterocycles. The molecule has 1 N–H and O–H groups in total. The molecule has 0 saturated heterocycles. The van der Waals surface area contributed by atoms with Crippen LogP contribution in [0.4, 0.5) is 5.69 Å². The van der Waals surface area contributed by atoms with Gasteiger partial charge in [0.05, 0.1) is 10.6 Å². The second-order valence-corrected chi connectivity index (χ2v) is 11.1. The number of hydrogen-bond acceptors (Lipinski definition) is 4. The van der Waals surface area contributed by atoms with Crippen molar-refractivity contribution in [2.24, 2.45) is 0 Å². The second kappa shape index (κ2) is 12.3. The average Bonchev–Trinajstić information content (AvgIpc) is 2.86. The maximum atomic E-state index is 13.8. The molecule has 196 valence electrons. The summed E-state index contributed by atoms with van der Waals surface area (Å²) in [5, 5.41) is 3.19. The molecule has 0 spiro atoms. The third-order valence-electron chi connectivity index (χ3n) is 5.92. The molecule has 9 heteroatoms. The quantitative estimate of drug-likeness (QED) is 0.403. The van der Waals surface area contributed by atoms with Crippen LogP contribution < -0.4 is 9.62 Å². The van der Waals surface area contributed by atoms with E-state index in [0.717, 1.165) is 15.4 Å². The molecule has 3 rings (SSSR count). The van der Waals surface area contributed by atoms with E-state index in [1.807, 2.05) is 19.9 Å². The Hall–Kier alpha value is -3.36. The summed E-state index contributed by atoms with van der Waals surface area (Å²) in [6.07, 6.45) is 0. The fraction of sp³-hybridized carbons (Fsp3) is 0.286. The average molecular weight is 542 g/mol. The van der Waals surface area contributed by atoms with E-state index in [0.29, 0.717) is 22.8 Å². The van der Waals surface area contributed by atoms with E-state index in [1.165, 1.54) is 17.0 Å². The molecular weight excluding hydrogens is 510 g/mol. The highest BCUT2D eigenvalue weighted by atomic mass is 35.5. The highest BCUT2D eigenvalue weighted by Gasteiger charge is 2.32. The molecular formula is C28H32ClN3O4S. The lowest BCUT2D eigenvalue weighted by Gasteiger charge is -2.32. The number of halogens is 1. The first-order chi connectivity index (χ1) is 17.5. The molecule has 0 heterocycles. The van der Waals surface area contributed by atoms with Gasteiger partial charge in [0.1, 0.15) is 12.6 Å². The van der Waals surface area contributed by atoms with E-state index in [1.54, 1.807) is 68.4 Å². The molecule has 3 aromatic carbocycles. The molecule has 3 aromatic rings. The molecule has 1 atom stereocenters. The molecule has 0 saturated carbocycles. The lowest BCUT2D eigenvalue weighted by molar-refractivity contribution is -0.139. The van der Waals surface area contributed by atoms with Gasteiger partial charge in [-0.2, -0.15) is 0 Å². The predicted octanol–water partition coefficient (Wildman–Crippen LogP) is 4.71. The smallest absolute Gasteiger partial charge is 0.264 e. The van der Waals surface area contributed by atoms with Crippen molar-refractivity contribution in [3.05, 3.63) is 94.5 Å². The minimum atomic E-state index is -4.09.